The Morgan fingerprint density at radius 3 is 2.89 bits per heavy atom. The van der Waals surface area contributed by atoms with Crippen LogP contribution in [0.15, 0.2) is 24.4 Å². The van der Waals surface area contributed by atoms with E-state index >= 15 is 0 Å². The van der Waals surface area contributed by atoms with E-state index in [0.717, 1.165) is 29.1 Å². The van der Waals surface area contributed by atoms with Crippen molar-refractivity contribution in [2.24, 2.45) is 7.05 Å². The van der Waals surface area contributed by atoms with E-state index in [0.29, 0.717) is 6.54 Å². The fourth-order valence-corrected chi connectivity index (χ4v) is 1.96. The van der Waals surface area contributed by atoms with Crippen LogP contribution in [0.25, 0.3) is 0 Å². The van der Waals surface area contributed by atoms with Crippen molar-refractivity contribution in [2.75, 3.05) is 12.4 Å². The Morgan fingerprint density at radius 2 is 2.21 bits per heavy atom. The third-order valence-electron chi connectivity index (χ3n) is 3.00. The minimum absolute atomic E-state index is 0.259. The Hall–Kier alpha value is -2.17. The highest BCUT2D eigenvalue weighted by Gasteiger charge is 2.07. The molecular weight excluding hydrogens is 242 g/mol. The number of aromatic hydroxyl groups is 1. The van der Waals surface area contributed by atoms with Crippen LogP contribution in [0, 0.1) is 0 Å². The summed E-state index contributed by atoms with van der Waals surface area (Å²) >= 11 is 0. The van der Waals surface area contributed by atoms with Crippen LogP contribution in [0.4, 0.5) is 5.69 Å². The lowest BCUT2D eigenvalue weighted by atomic mass is 10.2. The second-order valence-corrected chi connectivity index (χ2v) is 4.36. The molecule has 2 aromatic rings. The van der Waals surface area contributed by atoms with Gasteiger partial charge < -0.3 is 15.2 Å². The molecule has 5 heteroatoms. The van der Waals surface area contributed by atoms with Gasteiger partial charge in [-0.3, -0.25) is 4.68 Å². The summed E-state index contributed by atoms with van der Waals surface area (Å²) in [7, 11) is 3.51. The molecule has 0 amide bonds. The highest BCUT2D eigenvalue weighted by atomic mass is 16.5. The average Bonchev–Trinajstić information content (AvgIpc) is 2.78. The van der Waals surface area contributed by atoms with Crippen LogP contribution >= 0.6 is 0 Å². The van der Waals surface area contributed by atoms with Crippen molar-refractivity contribution in [3.05, 3.63) is 35.7 Å². The number of phenolic OH excluding ortho intramolecular Hbond substituents is 1. The molecule has 0 saturated carbocycles. The number of anilines is 1. The van der Waals surface area contributed by atoms with Gasteiger partial charge in [-0.2, -0.15) is 5.10 Å². The number of nitrogens with zero attached hydrogens (tertiary/aromatic N) is 2. The third kappa shape index (κ3) is 2.99. The maximum Gasteiger partial charge on any atom is 0.120 e. The number of methoxy groups -OCH3 is 1. The Balaban J connectivity index is 2.13. The summed E-state index contributed by atoms with van der Waals surface area (Å²) in [5.74, 6) is 0.992. The van der Waals surface area contributed by atoms with Crippen molar-refractivity contribution < 1.29 is 9.84 Å². The molecule has 0 aliphatic carbocycles. The molecule has 2 rings (SSSR count). The molecule has 0 aliphatic heterocycles. The number of aryl methyl sites for hydroxylation is 2. The SMILES string of the molecule is CCc1nn(C)cc1NCc1cc(OC)ccc1O. The van der Waals surface area contributed by atoms with Gasteiger partial charge in [0.2, 0.25) is 0 Å². The predicted octanol–water partition coefficient (Wildman–Crippen LogP) is 2.31. The summed E-state index contributed by atoms with van der Waals surface area (Å²) < 4.78 is 6.94. The van der Waals surface area contributed by atoms with Crippen molar-refractivity contribution in [2.45, 2.75) is 19.9 Å². The van der Waals surface area contributed by atoms with Gasteiger partial charge in [-0.1, -0.05) is 6.92 Å². The lowest BCUT2D eigenvalue weighted by Crippen LogP contribution is -2.01. The third-order valence-corrected chi connectivity index (χ3v) is 3.00. The van der Waals surface area contributed by atoms with E-state index in [4.69, 9.17) is 4.74 Å². The predicted molar refractivity (Wildman–Crippen MR) is 74.6 cm³/mol. The van der Waals surface area contributed by atoms with Gasteiger partial charge in [-0.25, -0.2) is 0 Å². The van der Waals surface area contributed by atoms with Crippen molar-refractivity contribution in [3.8, 4) is 11.5 Å². The fraction of sp³-hybridized carbons (Fsp3) is 0.357. The fourth-order valence-electron chi connectivity index (χ4n) is 1.96. The van der Waals surface area contributed by atoms with Crippen LogP contribution in [-0.2, 0) is 20.0 Å². The minimum atomic E-state index is 0.259. The molecule has 0 saturated heterocycles. The lowest BCUT2D eigenvalue weighted by Gasteiger charge is -2.09. The maximum atomic E-state index is 9.82. The average molecular weight is 261 g/mol. The molecule has 0 spiro atoms. The molecule has 0 radical (unpaired) electrons. The number of phenols is 1. The monoisotopic (exact) mass is 261 g/mol. The largest absolute Gasteiger partial charge is 0.508 e. The van der Waals surface area contributed by atoms with Gasteiger partial charge in [0.05, 0.1) is 18.5 Å². The molecule has 19 heavy (non-hydrogen) atoms. The van der Waals surface area contributed by atoms with Crippen LogP contribution in [-0.4, -0.2) is 22.0 Å². The summed E-state index contributed by atoms with van der Waals surface area (Å²) in [6.07, 6.45) is 2.81. The smallest absolute Gasteiger partial charge is 0.120 e. The standard InChI is InChI=1S/C14H19N3O2/c1-4-12-13(9-17(2)16-12)15-8-10-7-11(19-3)5-6-14(10)18/h5-7,9,15,18H,4,8H2,1-3H3. The normalized spacial score (nSPS) is 10.5. The molecule has 0 unspecified atom stereocenters. The Bertz CT molecular complexity index is 564. The van der Waals surface area contributed by atoms with Gasteiger partial charge in [0.1, 0.15) is 11.5 Å². The molecule has 5 nitrogen and oxygen atoms in total. The van der Waals surface area contributed by atoms with Crippen LogP contribution in [0.1, 0.15) is 18.2 Å². The first-order valence-corrected chi connectivity index (χ1v) is 6.26. The van der Waals surface area contributed by atoms with E-state index in [2.05, 4.69) is 17.3 Å². The second-order valence-electron chi connectivity index (χ2n) is 4.36. The topological polar surface area (TPSA) is 59.3 Å². The number of hydrogen-bond donors (Lipinski definition) is 2. The van der Waals surface area contributed by atoms with Gasteiger partial charge in [0.15, 0.2) is 0 Å². The molecule has 0 atom stereocenters. The first-order chi connectivity index (χ1) is 9.13. The van der Waals surface area contributed by atoms with Crippen molar-refractivity contribution in [1.82, 2.24) is 9.78 Å². The van der Waals surface area contributed by atoms with E-state index in [1.807, 2.05) is 19.3 Å². The minimum Gasteiger partial charge on any atom is -0.508 e. The Kier molecular flexibility index (Phi) is 3.94. The summed E-state index contributed by atoms with van der Waals surface area (Å²) in [5, 5.41) is 17.5. The Morgan fingerprint density at radius 1 is 1.42 bits per heavy atom. The highest BCUT2D eigenvalue weighted by molar-refractivity contribution is 5.48. The molecule has 1 aromatic carbocycles. The van der Waals surface area contributed by atoms with Crippen LogP contribution in [0.3, 0.4) is 0 Å². The molecule has 1 heterocycles. The molecule has 1 aromatic heterocycles. The summed E-state index contributed by atoms with van der Waals surface area (Å²) in [6.45, 7) is 2.60. The highest BCUT2D eigenvalue weighted by Crippen LogP contribution is 2.24. The van der Waals surface area contributed by atoms with Crippen LogP contribution in [0.5, 0.6) is 11.5 Å². The summed E-state index contributed by atoms with van der Waals surface area (Å²) in [6, 6.07) is 5.20. The molecule has 102 valence electrons. The molecule has 2 N–H and O–H groups in total. The zero-order valence-electron chi connectivity index (χ0n) is 11.5. The van der Waals surface area contributed by atoms with Crippen molar-refractivity contribution >= 4 is 5.69 Å². The zero-order valence-corrected chi connectivity index (χ0v) is 11.5. The first kappa shape index (κ1) is 13.3. The van der Waals surface area contributed by atoms with Crippen LogP contribution in [0.2, 0.25) is 0 Å². The van der Waals surface area contributed by atoms with Gasteiger partial charge in [0, 0.05) is 25.4 Å². The van der Waals surface area contributed by atoms with Gasteiger partial charge >= 0.3 is 0 Å². The molecular formula is C14H19N3O2. The Labute approximate surface area is 112 Å². The van der Waals surface area contributed by atoms with E-state index in [-0.39, 0.29) is 5.75 Å². The number of hydrogen-bond acceptors (Lipinski definition) is 4. The number of aromatic nitrogens is 2. The maximum absolute atomic E-state index is 9.82. The molecule has 0 fully saturated rings. The van der Waals surface area contributed by atoms with Gasteiger partial charge in [-0.15, -0.1) is 0 Å². The summed E-state index contributed by atoms with van der Waals surface area (Å²) in [5.41, 5.74) is 2.81. The van der Waals surface area contributed by atoms with E-state index in [9.17, 15) is 5.11 Å². The quantitative estimate of drug-likeness (QED) is 0.867. The van der Waals surface area contributed by atoms with E-state index in [1.54, 1.807) is 23.9 Å². The molecule has 0 aliphatic rings. The van der Waals surface area contributed by atoms with Gasteiger partial charge in [-0.05, 0) is 24.6 Å². The number of ether oxygens (including phenoxy) is 1. The zero-order chi connectivity index (χ0) is 13.8. The number of benzene rings is 1. The number of nitrogens with one attached hydrogen (secondary N) is 1. The second kappa shape index (κ2) is 5.65. The van der Waals surface area contributed by atoms with Crippen molar-refractivity contribution in [1.29, 1.82) is 0 Å². The van der Waals surface area contributed by atoms with E-state index < -0.39 is 0 Å². The number of rotatable bonds is 5. The van der Waals surface area contributed by atoms with Gasteiger partial charge in [0.25, 0.3) is 0 Å². The van der Waals surface area contributed by atoms with Crippen molar-refractivity contribution in [3.63, 3.8) is 0 Å². The lowest BCUT2D eigenvalue weighted by molar-refractivity contribution is 0.411. The first-order valence-electron chi connectivity index (χ1n) is 6.26. The summed E-state index contributed by atoms with van der Waals surface area (Å²) in [4.78, 5) is 0. The van der Waals surface area contributed by atoms with E-state index in [1.165, 1.54) is 0 Å². The van der Waals surface area contributed by atoms with Crippen LogP contribution < -0.4 is 10.1 Å². The molecule has 0 bridgehead atoms.